The summed E-state index contributed by atoms with van der Waals surface area (Å²) in [5.41, 5.74) is 0.867. The van der Waals surface area contributed by atoms with Crippen LogP contribution in [0.2, 0.25) is 5.02 Å². The van der Waals surface area contributed by atoms with E-state index < -0.39 is 21.7 Å². The smallest absolute Gasteiger partial charge is 0.240 e. The molecule has 0 aromatic heterocycles. The van der Waals surface area contributed by atoms with Gasteiger partial charge in [0, 0.05) is 18.0 Å². The van der Waals surface area contributed by atoms with Crippen molar-refractivity contribution in [2.45, 2.75) is 18.2 Å². The summed E-state index contributed by atoms with van der Waals surface area (Å²) in [5.74, 6) is -1.04. The van der Waals surface area contributed by atoms with Crippen molar-refractivity contribution in [3.63, 3.8) is 0 Å². The molecule has 0 radical (unpaired) electrons. The summed E-state index contributed by atoms with van der Waals surface area (Å²) in [5, 5.41) is 2.71. The first-order valence-corrected chi connectivity index (χ1v) is 8.95. The Morgan fingerprint density at radius 2 is 1.96 bits per heavy atom. The highest BCUT2D eigenvalue weighted by Crippen LogP contribution is 2.16. The van der Waals surface area contributed by atoms with Crippen LogP contribution in [0.1, 0.15) is 12.0 Å². The number of halogens is 2. The van der Waals surface area contributed by atoms with Gasteiger partial charge in [0.2, 0.25) is 15.9 Å². The Morgan fingerprint density at radius 1 is 1.21 bits per heavy atom. The Bertz CT molecular complexity index is 856. The van der Waals surface area contributed by atoms with E-state index in [9.17, 15) is 17.6 Å². The van der Waals surface area contributed by atoms with E-state index in [0.29, 0.717) is 5.02 Å². The van der Waals surface area contributed by atoms with Crippen LogP contribution in [0.25, 0.3) is 0 Å². The van der Waals surface area contributed by atoms with Gasteiger partial charge in [0.1, 0.15) is 5.82 Å². The van der Waals surface area contributed by atoms with Gasteiger partial charge in [-0.2, -0.15) is 0 Å². The molecule has 0 aliphatic rings. The molecule has 2 rings (SSSR count). The number of benzene rings is 2. The van der Waals surface area contributed by atoms with Crippen LogP contribution in [-0.4, -0.2) is 20.9 Å². The molecule has 0 aliphatic carbocycles. The normalized spacial score (nSPS) is 11.3. The maximum absolute atomic E-state index is 13.6. The van der Waals surface area contributed by atoms with E-state index in [1.165, 1.54) is 30.3 Å². The molecule has 2 aromatic carbocycles. The van der Waals surface area contributed by atoms with Crippen molar-refractivity contribution in [3.05, 3.63) is 58.9 Å². The summed E-state index contributed by atoms with van der Waals surface area (Å²) >= 11 is 5.76. The average Bonchev–Trinajstić information content (AvgIpc) is 2.51. The molecule has 128 valence electrons. The van der Waals surface area contributed by atoms with Crippen LogP contribution < -0.4 is 10.0 Å². The van der Waals surface area contributed by atoms with Gasteiger partial charge in [-0.3, -0.25) is 4.79 Å². The van der Waals surface area contributed by atoms with E-state index in [-0.39, 0.29) is 23.5 Å². The molecule has 0 aliphatic heterocycles. The molecule has 2 aromatic rings. The molecule has 0 fully saturated rings. The number of aryl methyl sites for hydroxylation is 1. The molecule has 5 nitrogen and oxygen atoms in total. The lowest BCUT2D eigenvalue weighted by molar-refractivity contribution is -0.116. The highest BCUT2D eigenvalue weighted by atomic mass is 35.5. The molecule has 2 N–H and O–H groups in total. The summed E-state index contributed by atoms with van der Waals surface area (Å²) in [6.07, 6.45) is -0.132. The van der Waals surface area contributed by atoms with Gasteiger partial charge >= 0.3 is 0 Å². The zero-order valence-electron chi connectivity index (χ0n) is 12.8. The third-order valence-electron chi connectivity index (χ3n) is 3.15. The maximum Gasteiger partial charge on any atom is 0.240 e. The fraction of sp³-hybridized carbons (Fsp3) is 0.188. The van der Waals surface area contributed by atoms with Crippen molar-refractivity contribution in [3.8, 4) is 0 Å². The SMILES string of the molecule is Cc1ccc(F)c(NC(=O)CCNS(=O)(=O)c2cccc(Cl)c2)c1. The third-order valence-corrected chi connectivity index (χ3v) is 4.84. The van der Waals surface area contributed by atoms with Crippen molar-refractivity contribution in [1.82, 2.24) is 4.72 Å². The maximum atomic E-state index is 13.6. The van der Waals surface area contributed by atoms with E-state index in [1.54, 1.807) is 19.1 Å². The van der Waals surface area contributed by atoms with Gasteiger partial charge in [0.05, 0.1) is 10.6 Å². The van der Waals surface area contributed by atoms with Gasteiger partial charge < -0.3 is 5.32 Å². The van der Waals surface area contributed by atoms with E-state index >= 15 is 0 Å². The number of amides is 1. The fourth-order valence-electron chi connectivity index (χ4n) is 1.96. The monoisotopic (exact) mass is 370 g/mol. The second kappa shape index (κ2) is 7.74. The van der Waals surface area contributed by atoms with Gasteiger partial charge in [-0.15, -0.1) is 0 Å². The molecule has 0 spiro atoms. The number of rotatable bonds is 6. The largest absolute Gasteiger partial charge is 0.324 e. The molecule has 0 heterocycles. The summed E-state index contributed by atoms with van der Waals surface area (Å²) in [4.78, 5) is 11.8. The lowest BCUT2D eigenvalue weighted by atomic mass is 10.2. The van der Waals surface area contributed by atoms with Gasteiger partial charge in [0.15, 0.2) is 0 Å². The summed E-state index contributed by atoms with van der Waals surface area (Å²) in [6, 6.07) is 10.1. The minimum absolute atomic E-state index is 0.0140. The van der Waals surface area contributed by atoms with Crippen LogP contribution in [0.4, 0.5) is 10.1 Å². The van der Waals surface area contributed by atoms with Crippen molar-refractivity contribution < 1.29 is 17.6 Å². The van der Waals surface area contributed by atoms with Gasteiger partial charge in [-0.1, -0.05) is 23.7 Å². The Morgan fingerprint density at radius 3 is 2.67 bits per heavy atom. The molecule has 0 atom stereocenters. The van der Waals surface area contributed by atoms with E-state index in [4.69, 9.17) is 11.6 Å². The number of carbonyl (C=O) groups excluding carboxylic acids is 1. The van der Waals surface area contributed by atoms with E-state index in [1.807, 2.05) is 0 Å². The first-order chi connectivity index (χ1) is 11.3. The number of nitrogens with one attached hydrogen (secondary N) is 2. The predicted octanol–water partition coefficient (Wildman–Crippen LogP) is 3.09. The van der Waals surface area contributed by atoms with Crippen molar-refractivity contribution in [2.75, 3.05) is 11.9 Å². The van der Waals surface area contributed by atoms with Crippen molar-refractivity contribution in [2.24, 2.45) is 0 Å². The minimum atomic E-state index is -3.75. The van der Waals surface area contributed by atoms with Crippen molar-refractivity contribution in [1.29, 1.82) is 0 Å². The molecular formula is C16H16ClFN2O3S. The summed E-state index contributed by atoms with van der Waals surface area (Å²) in [6.45, 7) is 1.66. The van der Waals surface area contributed by atoms with Crippen molar-refractivity contribution >= 4 is 33.2 Å². The molecule has 0 saturated heterocycles. The molecule has 24 heavy (non-hydrogen) atoms. The lowest BCUT2D eigenvalue weighted by Crippen LogP contribution is -2.28. The van der Waals surface area contributed by atoms with Crippen LogP contribution in [-0.2, 0) is 14.8 Å². The van der Waals surface area contributed by atoms with E-state index in [2.05, 4.69) is 10.0 Å². The number of carbonyl (C=O) groups is 1. The highest BCUT2D eigenvalue weighted by molar-refractivity contribution is 7.89. The number of sulfonamides is 1. The second-order valence-electron chi connectivity index (χ2n) is 5.14. The van der Waals surface area contributed by atoms with E-state index in [0.717, 1.165) is 5.56 Å². The zero-order chi connectivity index (χ0) is 17.7. The first kappa shape index (κ1) is 18.4. The Balaban J connectivity index is 1.91. The zero-order valence-corrected chi connectivity index (χ0v) is 14.4. The molecule has 0 saturated carbocycles. The van der Waals surface area contributed by atoms with Gasteiger partial charge in [-0.25, -0.2) is 17.5 Å². The third kappa shape index (κ3) is 5.02. The Labute approximate surface area is 144 Å². The molecule has 1 amide bonds. The quantitative estimate of drug-likeness (QED) is 0.820. The van der Waals surface area contributed by atoms with Crippen LogP contribution >= 0.6 is 11.6 Å². The van der Waals surface area contributed by atoms with Crippen LogP contribution in [0.3, 0.4) is 0 Å². The Hall–Kier alpha value is -1.96. The molecule has 8 heteroatoms. The number of hydrogen-bond acceptors (Lipinski definition) is 3. The number of anilines is 1. The second-order valence-corrected chi connectivity index (χ2v) is 7.34. The van der Waals surface area contributed by atoms with Crippen LogP contribution in [0, 0.1) is 12.7 Å². The average molecular weight is 371 g/mol. The summed E-state index contributed by atoms with van der Waals surface area (Å²) in [7, 11) is -3.75. The fourth-order valence-corrected chi connectivity index (χ4v) is 3.30. The van der Waals surface area contributed by atoms with Crippen LogP contribution in [0.15, 0.2) is 47.4 Å². The lowest BCUT2D eigenvalue weighted by Gasteiger charge is -2.09. The predicted molar refractivity (Wildman–Crippen MR) is 91.0 cm³/mol. The molecular weight excluding hydrogens is 355 g/mol. The van der Waals surface area contributed by atoms with Gasteiger partial charge in [-0.05, 0) is 42.8 Å². The first-order valence-electron chi connectivity index (χ1n) is 7.09. The molecule has 0 unspecified atom stereocenters. The standard InChI is InChI=1S/C16H16ClFN2O3S/c1-11-5-6-14(18)15(9-11)20-16(21)7-8-19-24(22,23)13-4-2-3-12(17)10-13/h2-6,9-10,19H,7-8H2,1H3,(H,20,21). The highest BCUT2D eigenvalue weighted by Gasteiger charge is 2.15. The minimum Gasteiger partial charge on any atom is -0.324 e. The molecule has 0 bridgehead atoms. The summed E-state index contributed by atoms with van der Waals surface area (Å²) < 4.78 is 40.0. The van der Waals surface area contributed by atoms with Crippen LogP contribution in [0.5, 0.6) is 0 Å². The Kier molecular flexibility index (Phi) is 5.93. The van der Waals surface area contributed by atoms with Gasteiger partial charge in [0.25, 0.3) is 0 Å². The topological polar surface area (TPSA) is 75.3 Å². The number of hydrogen-bond donors (Lipinski definition) is 2.